The van der Waals surface area contributed by atoms with Gasteiger partial charge in [0.05, 0.1) is 19.3 Å². The van der Waals surface area contributed by atoms with Crippen molar-refractivity contribution in [2.45, 2.75) is 84.3 Å². The van der Waals surface area contributed by atoms with Gasteiger partial charge in [0.25, 0.3) is 0 Å². The second kappa shape index (κ2) is 7.31. The molecular formula is C25H41NO3. The van der Waals surface area contributed by atoms with Crippen LogP contribution in [0.4, 0.5) is 0 Å². The zero-order valence-corrected chi connectivity index (χ0v) is 18.7. The summed E-state index contributed by atoms with van der Waals surface area (Å²) in [6, 6.07) is 0.306. The van der Waals surface area contributed by atoms with Gasteiger partial charge in [-0.05, 0) is 92.8 Å². The molecule has 0 unspecified atom stereocenters. The summed E-state index contributed by atoms with van der Waals surface area (Å²) in [4.78, 5) is 14.9. The molecule has 0 amide bonds. The number of ether oxygens (including phenoxy) is 1. The Morgan fingerprint density at radius 3 is 2.45 bits per heavy atom. The summed E-state index contributed by atoms with van der Waals surface area (Å²) in [6.45, 7) is 10.4. The van der Waals surface area contributed by atoms with E-state index in [0.29, 0.717) is 29.1 Å². The van der Waals surface area contributed by atoms with E-state index in [1.54, 1.807) is 0 Å². The van der Waals surface area contributed by atoms with Gasteiger partial charge in [0.2, 0.25) is 0 Å². The van der Waals surface area contributed by atoms with Crippen LogP contribution < -0.4 is 0 Å². The molecule has 5 rings (SSSR count). The summed E-state index contributed by atoms with van der Waals surface area (Å²) in [5.41, 5.74) is 0.592. The molecule has 0 radical (unpaired) electrons. The van der Waals surface area contributed by atoms with Crippen LogP contribution in [-0.2, 0) is 9.53 Å². The highest BCUT2D eigenvalue weighted by molar-refractivity contribution is 5.79. The van der Waals surface area contributed by atoms with Gasteiger partial charge in [0.1, 0.15) is 5.78 Å². The van der Waals surface area contributed by atoms with Crippen molar-refractivity contribution in [3.05, 3.63) is 0 Å². The van der Waals surface area contributed by atoms with E-state index in [1.807, 2.05) is 6.92 Å². The molecule has 4 heteroatoms. The Kier molecular flexibility index (Phi) is 5.15. The Labute approximate surface area is 176 Å². The van der Waals surface area contributed by atoms with Crippen LogP contribution in [0.2, 0.25) is 0 Å². The average Bonchev–Trinajstić information content (AvgIpc) is 3.06. The number of nitrogens with zero attached hydrogens (tertiary/aromatic N) is 1. The highest BCUT2D eigenvalue weighted by atomic mass is 16.5. The van der Waals surface area contributed by atoms with Gasteiger partial charge in [0, 0.05) is 25.0 Å². The summed E-state index contributed by atoms with van der Waals surface area (Å²) >= 11 is 0. The summed E-state index contributed by atoms with van der Waals surface area (Å²) < 4.78 is 5.58. The number of aliphatic hydroxyl groups is 1. The molecule has 5 fully saturated rings. The third kappa shape index (κ3) is 3.07. The van der Waals surface area contributed by atoms with Crippen LogP contribution in [0.25, 0.3) is 0 Å². The lowest BCUT2D eigenvalue weighted by atomic mass is 9.44. The third-order valence-corrected chi connectivity index (χ3v) is 10.7. The van der Waals surface area contributed by atoms with E-state index in [9.17, 15) is 9.90 Å². The molecule has 1 saturated heterocycles. The predicted octanol–water partition coefficient (Wildman–Crippen LogP) is 3.91. The number of Topliss-reactive ketones (excluding diaryl/α,β-unsaturated/α-hetero) is 1. The molecule has 4 nitrogen and oxygen atoms in total. The number of hydrogen-bond acceptors (Lipinski definition) is 4. The SMILES string of the molecule is CC(=O)[C@H]1CC[C@H]2[C@@H]3CC[C@H]4C[C@H](O)[C@@H](N5CCOCC5)C[C@]4(C)[C@H]3CC[C@]12C. The molecule has 1 N–H and O–H groups in total. The van der Waals surface area contributed by atoms with E-state index in [4.69, 9.17) is 4.74 Å². The third-order valence-electron chi connectivity index (χ3n) is 10.7. The Bertz CT molecular complexity index is 646. The van der Waals surface area contributed by atoms with Crippen molar-refractivity contribution in [1.29, 1.82) is 0 Å². The highest BCUT2D eigenvalue weighted by Crippen LogP contribution is 2.67. The highest BCUT2D eigenvalue weighted by Gasteiger charge is 2.61. The van der Waals surface area contributed by atoms with Gasteiger partial charge in [0.15, 0.2) is 0 Å². The molecule has 1 aliphatic heterocycles. The van der Waals surface area contributed by atoms with E-state index in [1.165, 1.54) is 32.1 Å². The molecule has 4 saturated carbocycles. The first kappa shape index (κ1) is 20.5. The number of aliphatic hydroxyl groups excluding tert-OH is 1. The van der Waals surface area contributed by atoms with Crippen LogP contribution in [-0.4, -0.2) is 54.2 Å². The molecule has 0 aromatic rings. The predicted molar refractivity (Wildman–Crippen MR) is 113 cm³/mol. The van der Waals surface area contributed by atoms with Crippen molar-refractivity contribution in [2.75, 3.05) is 26.3 Å². The van der Waals surface area contributed by atoms with Gasteiger partial charge >= 0.3 is 0 Å². The normalized spacial score (nSPS) is 53.0. The number of carbonyl (C=O) groups excluding carboxylic acids is 1. The van der Waals surface area contributed by atoms with Gasteiger partial charge in [-0.25, -0.2) is 0 Å². The molecule has 0 aromatic carbocycles. The van der Waals surface area contributed by atoms with E-state index < -0.39 is 0 Å². The van der Waals surface area contributed by atoms with Crippen LogP contribution in [0.1, 0.15) is 72.1 Å². The van der Waals surface area contributed by atoms with Gasteiger partial charge < -0.3 is 9.84 Å². The monoisotopic (exact) mass is 403 g/mol. The van der Waals surface area contributed by atoms with Crippen molar-refractivity contribution in [1.82, 2.24) is 4.90 Å². The van der Waals surface area contributed by atoms with Crippen LogP contribution >= 0.6 is 0 Å². The number of rotatable bonds is 2. The molecular weight excluding hydrogens is 362 g/mol. The molecule has 0 aromatic heterocycles. The van der Waals surface area contributed by atoms with Gasteiger partial charge in [-0.2, -0.15) is 0 Å². The summed E-state index contributed by atoms with van der Waals surface area (Å²) in [5, 5.41) is 11.0. The molecule has 5 aliphatic rings. The van der Waals surface area contributed by atoms with Crippen LogP contribution in [0, 0.1) is 40.4 Å². The fourth-order valence-corrected chi connectivity index (χ4v) is 9.22. The lowest BCUT2D eigenvalue weighted by molar-refractivity contribution is -0.156. The molecule has 0 spiro atoms. The minimum atomic E-state index is -0.176. The maximum absolute atomic E-state index is 12.4. The molecule has 1 heterocycles. The number of ketones is 1. The van der Waals surface area contributed by atoms with Crippen molar-refractivity contribution in [3.8, 4) is 0 Å². The molecule has 9 atom stereocenters. The number of morpholine rings is 1. The summed E-state index contributed by atoms with van der Waals surface area (Å²) in [5.74, 6) is 3.71. The summed E-state index contributed by atoms with van der Waals surface area (Å²) in [7, 11) is 0. The van der Waals surface area contributed by atoms with Crippen molar-refractivity contribution >= 4 is 5.78 Å². The van der Waals surface area contributed by atoms with Gasteiger partial charge in [-0.15, -0.1) is 0 Å². The van der Waals surface area contributed by atoms with Crippen LogP contribution in [0.15, 0.2) is 0 Å². The van der Waals surface area contributed by atoms with Crippen molar-refractivity contribution in [2.24, 2.45) is 40.4 Å². The van der Waals surface area contributed by atoms with Gasteiger partial charge in [-0.3, -0.25) is 9.69 Å². The first-order chi connectivity index (χ1) is 13.8. The Hall–Kier alpha value is -0.450. The Balaban J connectivity index is 1.40. The number of hydrogen-bond donors (Lipinski definition) is 1. The fraction of sp³-hybridized carbons (Fsp3) is 0.960. The minimum absolute atomic E-state index is 0.176. The Morgan fingerprint density at radius 1 is 1.00 bits per heavy atom. The van der Waals surface area contributed by atoms with E-state index >= 15 is 0 Å². The summed E-state index contributed by atoms with van der Waals surface area (Å²) in [6.07, 6.45) is 9.47. The molecule has 164 valence electrons. The first-order valence-electron chi connectivity index (χ1n) is 12.3. The van der Waals surface area contributed by atoms with Crippen LogP contribution in [0.3, 0.4) is 0 Å². The number of carbonyl (C=O) groups is 1. The lowest BCUT2D eigenvalue weighted by Crippen LogP contribution is -2.60. The molecule has 4 aliphatic carbocycles. The Morgan fingerprint density at radius 2 is 1.72 bits per heavy atom. The second-order valence-corrected chi connectivity index (χ2v) is 11.7. The quantitative estimate of drug-likeness (QED) is 0.760. The fourth-order valence-electron chi connectivity index (χ4n) is 9.22. The largest absolute Gasteiger partial charge is 0.391 e. The van der Waals surface area contributed by atoms with E-state index in [0.717, 1.165) is 63.3 Å². The maximum Gasteiger partial charge on any atom is 0.133 e. The average molecular weight is 404 g/mol. The van der Waals surface area contributed by atoms with Crippen LogP contribution in [0.5, 0.6) is 0 Å². The lowest BCUT2D eigenvalue weighted by Gasteiger charge is -2.62. The number of fused-ring (bicyclic) bond motifs is 5. The smallest absolute Gasteiger partial charge is 0.133 e. The van der Waals surface area contributed by atoms with Gasteiger partial charge in [-0.1, -0.05) is 13.8 Å². The van der Waals surface area contributed by atoms with E-state index in [-0.39, 0.29) is 11.5 Å². The standard InChI is InChI=1S/C25H41NO3/c1-16(27)19-6-7-20-18-5-4-17-14-23(28)22(26-10-12-29-13-11-26)15-25(17,3)21(18)8-9-24(19,20)2/h17-23,28H,4-15H2,1-3H3/t17-,18-,19+,20-,21-,22-,23-,24+,25-/m0/s1. The topological polar surface area (TPSA) is 49.8 Å². The maximum atomic E-state index is 12.4. The molecule has 0 bridgehead atoms. The molecule has 29 heavy (non-hydrogen) atoms. The zero-order chi connectivity index (χ0) is 20.4. The van der Waals surface area contributed by atoms with Crippen molar-refractivity contribution < 1.29 is 14.6 Å². The second-order valence-electron chi connectivity index (χ2n) is 11.7. The van der Waals surface area contributed by atoms with Crippen molar-refractivity contribution in [3.63, 3.8) is 0 Å². The van der Waals surface area contributed by atoms with E-state index in [2.05, 4.69) is 18.7 Å². The zero-order valence-electron chi connectivity index (χ0n) is 18.7. The first-order valence-corrected chi connectivity index (χ1v) is 12.3. The minimum Gasteiger partial charge on any atom is -0.391 e.